The van der Waals surface area contributed by atoms with Crippen molar-refractivity contribution in [3.8, 4) is 11.4 Å². The fourth-order valence-corrected chi connectivity index (χ4v) is 2.44. The number of aromatic amines is 1. The van der Waals surface area contributed by atoms with Gasteiger partial charge in [-0.25, -0.2) is 4.98 Å². The Hall–Kier alpha value is -2.20. The van der Waals surface area contributed by atoms with E-state index in [0.29, 0.717) is 10.8 Å². The Morgan fingerprint density at radius 2 is 2.05 bits per heavy atom. The van der Waals surface area contributed by atoms with Crippen LogP contribution in [0.3, 0.4) is 0 Å². The van der Waals surface area contributed by atoms with Crippen LogP contribution in [0.15, 0.2) is 41.3 Å². The number of H-pyrrole nitrogens is 1. The van der Waals surface area contributed by atoms with Crippen LogP contribution in [0.25, 0.3) is 22.3 Å². The Balaban J connectivity index is 2.31. The lowest BCUT2D eigenvalue weighted by Gasteiger charge is -2.09. The zero-order valence-corrected chi connectivity index (χ0v) is 12.5. The normalized spacial score (nSPS) is 11.2. The van der Waals surface area contributed by atoms with Gasteiger partial charge in [0.2, 0.25) is 0 Å². The van der Waals surface area contributed by atoms with E-state index in [0.717, 1.165) is 22.2 Å². The zero-order valence-electron chi connectivity index (χ0n) is 11.7. The number of halogens is 1. The van der Waals surface area contributed by atoms with Crippen molar-refractivity contribution >= 4 is 22.5 Å². The first-order valence-electron chi connectivity index (χ1n) is 6.71. The van der Waals surface area contributed by atoms with E-state index in [4.69, 9.17) is 11.6 Å². The minimum absolute atomic E-state index is 0.164. The van der Waals surface area contributed by atoms with E-state index in [1.807, 2.05) is 32.0 Å². The van der Waals surface area contributed by atoms with Gasteiger partial charge in [0.15, 0.2) is 0 Å². The number of pyridine rings is 1. The van der Waals surface area contributed by atoms with Crippen molar-refractivity contribution in [3.05, 3.63) is 57.6 Å². The minimum atomic E-state index is -0.164. The van der Waals surface area contributed by atoms with Crippen LogP contribution in [0.1, 0.15) is 25.5 Å². The number of nitrogens with zero attached hydrogens (tertiary/aromatic N) is 2. The molecule has 3 aromatic rings. The molecule has 0 spiro atoms. The number of hydrogen-bond acceptors (Lipinski definition) is 3. The number of fused-ring (bicyclic) bond motifs is 1. The molecule has 0 fully saturated rings. The lowest BCUT2D eigenvalue weighted by Crippen LogP contribution is -2.11. The van der Waals surface area contributed by atoms with Gasteiger partial charge in [-0.2, -0.15) is 0 Å². The molecule has 2 aromatic heterocycles. The van der Waals surface area contributed by atoms with Crippen molar-refractivity contribution < 1.29 is 0 Å². The molecule has 0 amide bonds. The molecule has 0 saturated carbocycles. The summed E-state index contributed by atoms with van der Waals surface area (Å²) in [6.45, 7) is 4.01. The van der Waals surface area contributed by atoms with Crippen LogP contribution in [0.4, 0.5) is 0 Å². The third kappa shape index (κ3) is 2.54. The van der Waals surface area contributed by atoms with Crippen LogP contribution in [-0.2, 0) is 0 Å². The van der Waals surface area contributed by atoms with Gasteiger partial charge in [-0.3, -0.25) is 9.78 Å². The maximum atomic E-state index is 11.8. The van der Waals surface area contributed by atoms with E-state index in [2.05, 4.69) is 15.0 Å². The quantitative estimate of drug-likeness (QED) is 0.784. The van der Waals surface area contributed by atoms with Gasteiger partial charge in [-0.05, 0) is 30.2 Å². The Morgan fingerprint density at radius 3 is 2.81 bits per heavy atom. The van der Waals surface area contributed by atoms with Gasteiger partial charge in [0.1, 0.15) is 5.82 Å². The highest BCUT2D eigenvalue weighted by molar-refractivity contribution is 6.35. The lowest BCUT2D eigenvalue weighted by molar-refractivity contribution is 0.812. The summed E-state index contributed by atoms with van der Waals surface area (Å²) in [5.74, 6) is 0.698. The molecule has 0 unspecified atom stereocenters. The first-order chi connectivity index (χ1) is 10.1. The molecule has 0 radical (unpaired) electrons. The first kappa shape index (κ1) is 13.8. The molecule has 21 heavy (non-hydrogen) atoms. The van der Waals surface area contributed by atoms with Gasteiger partial charge in [0.25, 0.3) is 5.56 Å². The summed E-state index contributed by atoms with van der Waals surface area (Å²) in [6.07, 6.45) is 1.70. The van der Waals surface area contributed by atoms with Gasteiger partial charge >= 0.3 is 0 Å². The Bertz CT molecular complexity index is 871. The van der Waals surface area contributed by atoms with E-state index < -0.39 is 0 Å². The first-order valence-corrected chi connectivity index (χ1v) is 7.09. The van der Waals surface area contributed by atoms with E-state index in [1.54, 1.807) is 12.3 Å². The Morgan fingerprint density at radius 1 is 1.24 bits per heavy atom. The highest BCUT2D eigenvalue weighted by Crippen LogP contribution is 2.29. The molecule has 0 saturated heterocycles. The van der Waals surface area contributed by atoms with Crippen LogP contribution in [-0.4, -0.2) is 15.0 Å². The van der Waals surface area contributed by atoms with Crippen molar-refractivity contribution in [2.45, 2.75) is 19.8 Å². The highest BCUT2D eigenvalue weighted by Gasteiger charge is 2.12. The number of benzene rings is 1. The number of hydrogen-bond donors (Lipinski definition) is 1. The van der Waals surface area contributed by atoms with Crippen LogP contribution in [0.2, 0.25) is 5.02 Å². The molecule has 0 aliphatic rings. The third-order valence-corrected chi connectivity index (χ3v) is 3.65. The molecular formula is C16H14ClN3O. The summed E-state index contributed by atoms with van der Waals surface area (Å²) < 4.78 is 0. The summed E-state index contributed by atoms with van der Waals surface area (Å²) in [6, 6.07) is 8.89. The molecule has 4 nitrogen and oxygen atoms in total. The lowest BCUT2D eigenvalue weighted by atomic mass is 10.1. The van der Waals surface area contributed by atoms with Crippen molar-refractivity contribution in [1.29, 1.82) is 0 Å². The van der Waals surface area contributed by atoms with Crippen molar-refractivity contribution in [2.75, 3.05) is 0 Å². The highest BCUT2D eigenvalue weighted by atomic mass is 35.5. The topological polar surface area (TPSA) is 58.6 Å². The maximum Gasteiger partial charge on any atom is 0.251 e. The molecule has 0 bridgehead atoms. The second-order valence-electron chi connectivity index (χ2n) is 5.17. The summed E-state index contributed by atoms with van der Waals surface area (Å²) in [4.78, 5) is 23.6. The zero-order chi connectivity index (χ0) is 15.0. The summed E-state index contributed by atoms with van der Waals surface area (Å²) >= 11 is 6.20. The number of nitrogens with one attached hydrogen (secondary N) is 1. The smallest absolute Gasteiger partial charge is 0.251 e. The van der Waals surface area contributed by atoms with Crippen LogP contribution in [0, 0.1) is 0 Å². The molecule has 0 atom stereocenters. The number of aromatic nitrogens is 3. The Kier molecular flexibility index (Phi) is 3.47. The average Bonchev–Trinajstić information content (AvgIpc) is 2.47. The SMILES string of the molecule is CC(C)c1cc(=O)[nH]c(-c2ccc(Cl)c3cccnc23)n1. The van der Waals surface area contributed by atoms with Crippen molar-refractivity contribution in [1.82, 2.24) is 15.0 Å². The van der Waals surface area contributed by atoms with Gasteiger partial charge < -0.3 is 4.98 Å². The van der Waals surface area contributed by atoms with Crippen molar-refractivity contribution in [2.24, 2.45) is 0 Å². The summed E-state index contributed by atoms with van der Waals surface area (Å²) in [7, 11) is 0. The van der Waals surface area contributed by atoms with Gasteiger partial charge in [-0.15, -0.1) is 0 Å². The largest absolute Gasteiger partial charge is 0.306 e. The summed E-state index contributed by atoms with van der Waals surface area (Å²) in [5, 5.41) is 1.47. The molecule has 0 aliphatic heterocycles. The van der Waals surface area contributed by atoms with E-state index in [-0.39, 0.29) is 11.5 Å². The van der Waals surface area contributed by atoms with Gasteiger partial charge in [-0.1, -0.05) is 25.4 Å². The second kappa shape index (κ2) is 5.30. The van der Waals surface area contributed by atoms with Crippen LogP contribution < -0.4 is 5.56 Å². The van der Waals surface area contributed by atoms with Gasteiger partial charge in [0, 0.05) is 23.2 Å². The monoisotopic (exact) mass is 299 g/mol. The predicted molar refractivity (Wildman–Crippen MR) is 84.7 cm³/mol. The average molecular weight is 300 g/mol. The van der Waals surface area contributed by atoms with Crippen LogP contribution >= 0.6 is 11.6 Å². The van der Waals surface area contributed by atoms with E-state index in [1.165, 1.54) is 6.07 Å². The molecule has 106 valence electrons. The molecular weight excluding hydrogens is 286 g/mol. The van der Waals surface area contributed by atoms with E-state index in [9.17, 15) is 4.79 Å². The minimum Gasteiger partial charge on any atom is -0.306 e. The Labute approximate surface area is 126 Å². The second-order valence-corrected chi connectivity index (χ2v) is 5.58. The molecule has 3 rings (SSSR count). The molecule has 1 aromatic carbocycles. The molecule has 0 aliphatic carbocycles. The van der Waals surface area contributed by atoms with Crippen molar-refractivity contribution in [3.63, 3.8) is 0 Å². The predicted octanol–water partition coefficient (Wildman–Crippen LogP) is 3.76. The molecule has 2 heterocycles. The molecule has 1 N–H and O–H groups in total. The van der Waals surface area contributed by atoms with E-state index >= 15 is 0 Å². The summed E-state index contributed by atoms with van der Waals surface area (Å²) in [5.41, 5.74) is 2.10. The number of rotatable bonds is 2. The standard InChI is InChI=1S/C16H14ClN3O/c1-9(2)13-8-14(21)20-16(19-13)11-5-6-12(17)10-4-3-7-18-15(10)11/h3-9H,1-2H3,(H,19,20,21). The third-order valence-electron chi connectivity index (χ3n) is 3.32. The fraction of sp³-hybridized carbons (Fsp3) is 0.188. The van der Waals surface area contributed by atoms with Gasteiger partial charge in [0.05, 0.1) is 16.2 Å². The molecule has 5 heteroatoms. The maximum absolute atomic E-state index is 11.8. The van der Waals surface area contributed by atoms with Crippen LogP contribution in [0.5, 0.6) is 0 Å². The fourth-order valence-electron chi connectivity index (χ4n) is 2.23.